The van der Waals surface area contributed by atoms with Crippen LogP contribution >= 0.6 is 0 Å². The Hall–Kier alpha value is -0.650. The number of hydrogen-bond acceptors (Lipinski definition) is 4. The van der Waals surface area contributed by atoms with Crippen molar-refractivity contribution in [3.8, 4) is 0 Å². The van der Waals surface area contributed by atoms with Crippen molar-refractivity contribution < 1.29 is 14.6 Å². The lowest BCUT2D eigenvalue weighted by molar-refractivity contribution is -0.124. The summed E-state index contributed by atoms with van der Waals surface area (Å²) in [4.78, 5) is 13.8. The molecular weight excluding hydrogens is 208 g/mol. The van der Waals surface area contributed by atoms with Crippen LogP contribution in [-0.2, 0) is 9.53 Å². The fourth-order valence-corrected chi connectivity index (χ4v) is 1.77. The predicted octanol–water partition coefficient (Wildman–Crippen LogP) is -0.404. The second kappa shape index (κ2) is 7.60. The highest BCUT2D eigenvalue weighted by Crippen LogP contribution is 1.99. The van der Waals surface area contributed by atoms with E-state index in [0.717, 1.165) is 19.5 Å². The lowest BCUT2D eigenvalue weighted by Gasteiger charge is -2.26. The molecule has 1 saturated heterocycles. The van der Waals surface area contributed by atoms with E-state index in [9.17, 15) is 4.79 Å². The first-order valence-electron chi connectivity index (χ1n) is 5.96. The molecule has 1 aliphatic heterocycles. The lowest BCUT2D eigenvalue weighted by atomic mass is 10.1. The average molecular weight is 230 g/mol. The van der Waals surface area contributed by atoms with Gasteiger partial charge in [-0.05, 0) is 12.8 Å². The first-order chi connectivity index (χ1) is 7.76. The van der Waals surface area contributed by atoms with E-state index in [4.69, 9.17) is 9.84 Å². The number of amides is 1. The van der Waals surface area contributed by atoms with Crippen molar-refractivity contribution in [1.82, 2.24) is 10.2 Å². The molecule has 0 saturated carbocycles. The van der Waals surface area contributed by atoms with Crippen LogP contribution in [0.4, 0.5) is 0 Å². The third-order valence-electron chi connectivity index (χ3n) is 2.81. The van der Waals surface area contributed by atoms with Gasteiger partial charge in [0.15, 0.2) is 0 Å². The van der Waals surface area contributed by atoms with Crippen LogP contribution in [0.25, 0.3) is 0 Å². The highest BCUT2D eigenvalue weighted by atomic mass is 16.5. The van der Waals surface area contributed by atoms with Crippen molar-refractivity contribution in [2.45, 2.75) is 25.8 Å². The third-order valence-corrected chi connectivity index (χ3v) is 2.81. The molecule has 0 aliphatic carbocycles. The summed E-state index contributed by atoms with van der Waals surface area (Å²) in [5.74, 6) is 0.0437. The monoisotopic (exact) mass is 230 g/mol. The highest BCUT2D eigenvalue weighted by molar-refractivity contribution is 5.78. The molecule has 0 aromatic heterocycles. The Morgan fingerprint density at radius 1 is 1.50 bits per heavy atom. The number of carbonyl (C=O) groups excluding carboxylic acids is 1. The predicted molar refractivity (Wildman–Crippen MR) is 61.2 cm³/mol. The molecule has 0 aromatic carbocycles. The molecule has 5 nitrogen and oxygen atoms in total. The van der Waals surface area contributed by atoms with Crippen molar-refractivity contribution in [2.24, 2.45) is 0 Å². The molecule has 1 rings (SSSR count). The van der Waals surface area contributed by atoms with Crippen LogP contribution in [0.2, 0.25) is 0 Å². The minimum atomic E-state index is 0.0437. The molecular formula is C11H22N2O3. The first-order valence-corrected chi connectivity index (χ1v) is 5.96. The summed E-state index contributed by atoms with van der Waals surface area (Å²) in [5.41, 5.74) is 0. The molecule has 0 radical (unpaired) electrons. The number of nitrogens with zero attached hydrogens (tertiary/aromatic N) is 1. The minimum absolute atomic E-state index is 0.0437. The summed E-state index contributed by atoms with van der Waals surface area (Å²) in [6.07, 6.45) is 1.49. The van der Waals surface area contributed by atoms with Crippen molar-refractivity contribution in [3.63, 3.8) is 0 Å². The number of rotatable bonds is 6. The maximum atomic E-state index is 11.7. The second-order valence-corrected chi connectivity index (χ2v) is 4.07. The first kappa shape index (κ1) is 13.4. The molecule has 1 heterocycles. The number of aliphatic hydroxyl groups is 1. The molecule has 2 N–H and O–H groups in total. The molecule has 0 aromatic rings. The minimum Gasteiger partial charge on any atom is -0.396 e. The maximum Gasteiger partial charge on any atom is 0.234 e. The summed E-state index contributed by atoms with van der Waals surface area (Å²) < 4.78 is 5.22. The van der Waals surface area contributed by atoms with Crippen LogP contribution in [0, 0.1) is 0 Å². The van der Waals surface area contributed by atoms with Crippen molar-refractivity contribution in [2.75, 3.05) is 39.5 Å². The summed E-state index contributed by atoms with van der Waals surface area (Å²) in [6.45, 7) is 5.63. The van der Waals surface area contributed by atoms with Gasteiger partial charge in [0.1, 0.15) is 0 Å². The van der Waals surface area contributed by atoms with E-state index < -0.39 is 0 Å². The van der Waals surface area contributed by atoms with Crippen LogP contribution in [0.3, 0.4) is 0 Å². The van der Waals surface area contributed by atoms with Crippen LogP contribution < -0.4 is 5.32 Å². The van der Waals surface area contributed by atoms with Gasteiger partial charge < -0.3 is 15.2 Å². The molecule has 94 valence electrons. The van der Waals surface area contributed by atoms with E-state index >= 15 is 0 Å². The SMILES string of the molecule is CCC(CCO)NC(=O)CN1CCOCC1. The summed E-state index contributed by atoms with van der Waals surface area (Å²) in [5, 5.41) is 11.8. The zero-order chi connectivity index (χ0) is 11.8. The number of carbonyl (C=O) groups is 1. The van der Waals surface area contributed by atoms with E-state index in [0.29, 0.717) is 26.2 Å². The number of hydrogen-bond donors (Lipinski definition) is 2. The zero-order valence-corrected chi connectivity index (χ0v) is 9.95. The molecule has 0 spiro atoms. The van der Waals surface area contributed by atoms with Gasteiger partial charge in [-0.3, -0.25) is 9.69 Å². The highest BCUT2D eigenvalue weighted by Gasteiger charge is 2.16. The van der Waals surface area contributed by atoms with Gasteiger partial charge in [-0.15, -0.1) is 0 Å². The van der Waals surface area contributed by atoms with Gasteiger partial charge in [-0.2, -0.15) is 0 Å². The van der Waals surface area contributed by atoms with Crippen molar-refractivity contribution in [1.29, 1.82) is 0 Å². The van der Waals surface area contributed by atoms with Gasteiger partial charge in [-0.25, -0.2) is 0 Å². The van der Waals surface area contributed by atoms with Crippen LogP contribution in [-0.4, -0.2) is 61.4 Å². The third kappa shape index (κ3) is 4.92. The largest absolute Gasteiger partial charge is 0.396 e. The van der Waals surface area contributed by atoms with Crippen LogP contribution in [0.5, 0.6) is 0 Å². The summed E-state index contributed by atoms with van der Waals surface area (Å²) in [7, 11) is 0. The Kier molecular flexibility index (Phi) is 6.37. The van der Waals surface area contributed by atoms with Crippen molar-refractivity contribution >= 4 is 5.91 Å². The fourth-order valence-electron chi connectivity index (χ4n) is 1.77. The smallest absolute Gasteiger partial charge is 0.234 e. The summed E-state index contributed by atoms with van der Waals surface area (Å²) >= 11 is 0. The van der Waals surface area contributed by atoms with Gasteiger partial charge in [0.05, 0.1) is 19.8 Å². The van der Waals surface area contributed by atoms with Crippen LogP contribution in [0.15, 0.2) is 0 Å². The average Bonchev–Trinajstić information content (AvgIpc) is 2.29. The topological polar surface area (TPSA) is 61.8 Å². The van der Waals surface area contributed by atoms with Gasteiger partial charge in [0.25, 0.3) is 0 Å². The van der Waals surface area contributed by atoms with E-state index in [1.165, 1.54) is 0 Å². The van der Waals surface area contributed by atoms with Gasteiger partial charge in [0, 0.05) is 25.7 Å². The standard InChI is InChI=1S/C11H22N2O3/c1-2-10(3-6-14)12-11(15)9-13-4-7-16-8-5-13/h10,14H,2-9H2,1H3,(H,12,15). The molecule has 1 unspecified atom stereocenters. The van der Waals surface area contributed by atoms with Gasteiger partial charge >= 0.3 is 0 Å². The maximum absolute atomic E-state index is 11.7. The van der Waals surface area contributed by atoms with Crippen molar-refractivity contribution in [3.05, 3.63) is 0 Å². The second-order valence-electron chi connectivity index (χ2n) is 4.07. The lowest BCUT2D eigenvalue weighted by Crippen LogP contribution is -2.45. The molecule has 1 amide bonds. The number of nitrogens with one attached hydrogen (secondary N) is 1. The molecule has 1 atom stereocenters. The number of ether oxygens (including phenoxy) is 1. The molecule has 1 aliphatic rings. The van der Waals surface area contributed by atoms with E-state index in [-0.39, 0.29) is 18.6 Å². The Bertz CT molecular complexity index is 197. The number of aliphatic hydroxyl groups excluding tert-OH is 1. The van der Waals surface area contributed by atoms with E-state index in [2.05, 4.69) is 10.2 Å². The Labute approximate surface area is 96.8 Å². The zero-order valence-electron chi connectivity index (χ0n) is 9.95. The molecule has 1 fully saturated rings. The quantitative estimate of drug-likeness (QED) is 0.651. The Morgan fingerprint density at radius 2 is 2.19 bits per heavy atom. The molecule has 0 bridgehead atoms. The molecule has 5 heteroatoms. The number of morpholine rings is 1. The fraction of sp³-hybridized carbons (Fsp3) is 0.909. The molecule has 16 heavy (non-hydrogen) atoms. The normalized spacial score (nSPS) is 19.4. The summed E-state index contributed by atoms with van der Waals surface area (Å²) in [6, 6.07) is 0.0959. The van der Waals surface area contributed by atoms with E-state index in [1.54, 1.807) is 0 Å². The van der Waals surface area contributed by atoms with E-state index in [1.807, 2.05) is 6.92 Å². The Balaban J connectivity index is 2.22. The van der Waals surface area contributed by atoms with Gasteiger partial charge in [-0.1, -0.05) is 6.92 Å². The van der Waals surface area contributed by atoms with Gasteiger partial charge in [0.2, 0.25) is 5.91 Å². The Morgan fingerprint density at radius 3 is 2.75 bits per heavy atom. The van der Waals surface area contributed by atoms with Crippen LogP contribution in [0.1, 0.15) is 19.8 Å².